The van der Waals surface area contributed by atoms with E-state index >= 15 is 0 Å². The molecule has 2 atom stereocenters. The zero-order chi connectivity index (χ0) is 13.8. The van der Waals surface area contributed by atoms with E-state index in [1.165, 1.54) is 0 Å². The van der Waals surface area contributed by atoms with E-state index in [1.807, 2.05) is 12.1 Å². The van der Waals surface area contributed by atoms with Crippen LogP contribution in [0.5, 0.6) is 11.5 Å². The molecular formula is C15H17NO3. The predicted molar refractivity (Wildman–Crippen MR) is 70.2 cm³/mol. The van der Waals surface area contributed by atoms with Crippen LogP contribution in [0.15, 0.2) is 18.2 Å². The third-order valence-corrected chi connectivity index (χ3v) is 3.64. The highest BCUT2D eigenvalue weighted by Crippen LogP contribution is 2.37. The molecule has 0 aromatic heterocycles. The van der Waals surface area contributed by atoms with Crippen LogP contribution in [-0.2, 0) is 4.79 Å². The highest BCUT2D eigenvalue weighted by atomic mass is 16.5. The normalized spacial score (nSPS) is 22.7. The minimum atomic E-state index is -0.196. The number of nitrogens with zero attached hydrogens (tertiary/aromatic N) is 1. The largest absolute Gasteiger partial charge is 0.493 e. The SMILES string of the molecule is COc1ccc(C2CC(C#N)CCC2=O)cc1OC. The Bertz CT molecular complexity index is 519. The first-order valence-electron chi connectivity index (χ1n) is 6.33. The number of ether oxygens (including phenoxy) is 2. The van der Waals surface area contributed by atoms with Gasteiger partial charge < -0.3 is 9.47 Å². The minimum Gasteiger partial charge on any atom is -0.493 e. The Kier molecular flexibility index (Phi) is 4.06. The molecule has 0 aliphatic heterocycles. The first-order valence-corrected chi connectivity index (χ1v) is 6.33. The van der Waals surface area contributed by atoms with Gasteiger partial charge in [-0.2, -0.15) is 5.26 Å². The molecule has 0 spiro atoms. The summed E-state index contributed by atoms with van der Waals surface area (Å²) in [4.78, 5) is 12.0. The molecule has 1 saturated carbocycles. The Morgan fingerprint density at radius 2 is 2.00 bits per heavy atom. The van der Waals surface area contributed by atoms with Gasteiger partial charge in [-0.3, -0.25) is 4.79 Å². The topological polar surface area (TPSA) is 59.3 Å². The first-order chi connectivity index (χ1) is 9.19. The summed E-state index contributed by atoms with van der Waals surface area (Å²) >= 11 is 0. The van der Waals surface area contributed by atoms with Gasteiger partial charge >= 0.3 is 0 Å². The van der Waals surface area contributed by atoms with Crippen LogP contribution < -0.4 is 9.47 Å². The monoisotopic (exact) mass is 259 g/mol. The fraction of sp³-hybridized carbons (Fsp3) is 0.467. The molecule has 1 aromatic rings. The van der Waals surface area contributed by atoms with Crippen LogP contribution in [0.1, 0.15) is 30.7 Å². The number of carbonyl (C=O) groups is 1. The van der Waals surface area contributed by atoms with Gasteiger partial charge in [0.25, 0.3) is 0 Å². The number of benzene rings is 1. The van der Waals surface area contributed by atoms with E-state index in [-0.39, 0.29) is 17.6 Å². The molecule has 0 bridgehead atoms. The molecule has 0 radical (unpaired) electrons. The lowest BCUT2D eigenvalue weighted by Crippen LogP contribution is -2.22. The molecule has 2 rings (SSSR count). The molecular weight excluding hydrogens is 242 g/mol. The van der Waals surface area contributed by atoms with E-state index in [1.54, 1.807) is 20.3 Å². The van der Waals surface area contributed by atoms with Gasteiger partial charge in [0.1, 0.15) is 5.78 Å². The standard InChI is InChI=1S/C15H17NO3/c1-18-14-6-4-11(8-15(14)19-2)12-7-10(9-16)3-5-13(12)17/h4,6,8,10,12H,3,5,7H2,1-2H3. The summed E-state index contributed by atoms with van der Waals surface area (Å²) in [6.07, 6.45) is 1.77. The summed E-state index contributed by atoms with van der Waals surface area (Å²) in [5, 5.41) is 9.02. The number of Topliss-reactive ketones (excluding diaryl/α,β-unsaturated/α-hetero) is 1. The second-order valence-corrected chi connectivity index (χ2v) is 4.73. The van der Waals surface area contributed by atoms with Crippen LogP contribution in [0.2, 0.25) is 0 Å². The van der Waals surface area contributed by atoms with Crippen molar-refractivity contribution in [3.63, 3.8) is 0 Å². The molecule has 1 aliphatic rings. The fourth-order valence-corrected chi connectivity index (χ4v) is 2.53. The molecule has 1 fully saturated rings. The third-order valence-electron chi connectivity index (χ3n) is 3.64. The van der Waals surface area contributed by atoms with E-state index in [0.717, 1.165) is 5.56 Å². The summed E-state index contributed by atoms with van der Waals surface area (Å²) in [6.45, 7) is 0. The lowest BCUT2D eigenvalue weighted by atomic mass is 9.77. The number of ketones is 1. The maximum absolute atomic E-state index is 12.0. The minimum absolute atomic E-state index is 0.0317. The lowest BCUT2D eigenvalue weighted by Gasteiger charge is -2.24. The van der Waals surface area contributed by atoms with Gasteiger partial charge in [0.2, 0.25) is 0 Å². The van der Waals surface area contributed by atoms with Crippen molar-refractivity contribution in [2.75, 3.05) is 14.2 Å². The fourth-order valence-electron chi connectivity index (χ4n) is 2.53. The van der Waals surface area contributed by atoms with Gasteiger partial charge in [-0.05, 0) is 30.5 Å². The van der Waals surface area contributed by atoms with Crippen molar-refractivity contribution in [2.45, 2.75) is 25.2 Å². The number of nitriles is 1. The van der Waals surface area contributed by atoms with Gasteiger partial charge in [-0.1, -0.05) is 6.07 Å². The van der Waals surface area contributed by atoms with Crippen molar-refractivity contribution >= 4 is 5.78 Å². The van der Waals surface area contributed by atoms with Crippen LogP contribution in [0.4, 0.5) is 0 Å². The molecule has 100 valence electrons. The van der Waals surface area contributed by atoms with Gasteiger partial charge in [0.15, 0.2) is 11.5 Å². The average molecular weight is 259 g/mol. The first kappa shape index (κ1) is 13.4. The van der Waals surface area contributed by atoms with Crippen molar-refractivity contribution < 1.29 is 14.3 Å². The molecule has 19 heavy (non-hydrogen) atoms. The molecule has 0 N–H and O–H groups in total. The lowest BCUT2D eigenvalue weighted by molar-refractivity contribution is -0.122. The number of hydrogen-bond donors (Lipinski definition) is 0. The maximum Gasteiger partial charge on any atom is 0.161 e. The Hall–Kier alpha value is -2.02. The summed E-state index contributed by atoms with van der Waals surface area (Å²) < 4.78 is 10.4. The molecule has 0 heterocycles. The molecule has 1 aliphatic carbocycles. The average Bonchev–Trinajstić information content (AvgIpc) is 2.47. The number of carbonyl (C=O) groups excluding carboxylic acids is 1. The van der Waals surface area contributed by atoms with E-state index in [0.29, 0.717) is 30.8 Å². The zero-order valence-corrected chi connectivity index (χ0v) is 11.2. The third kappa shape index (κ3) is 2.70. The number of methoxy groups -OCH3 is 2. The zero-order valence-electron chi connectivity index (χ0n) is 11.2. The van der Waals surface area contributed by atoms with Crippen molar-refractivity contribution in [3.8, 4) is 17.6 Å². The molecule has 0 amide bonds. The van der Waals surface area contributed by atoms with Crippen molar-refractivity contribution in [2.24, 2.45) is 5.92 Å². The van der Waals surface area contributed by atoms with E-state index in [2.05, 4.69) is 6.07 Å². The van der Waals surface area contributed by atoms with Crippen molar-refractivity contribution in [1.29, 1.82) is 5.26 Å². The quantitative estimate of drug-likeness (QED) is 0.837. The van der Waals surface area contributed by atoms with Gasteiger partial charge in [-0.25, -0.2) is 0 Å². The second kappa shape index (κ2) is 5.75. The summed E-state index contributed by atoms with van der Waals surface area (Å²) in [5.41, 5.74) is 0.905. The van der Waals surface area contributed by atoms with E-state index in [9.17, 15) is 4.79 Å². The van der Waals surface area contributed by atoms with Crippen LogP contribution in [0.3, 0.4) is 0 Å². The Balaban J connectivity index is 2.30. The van der Waals surface area contributed by atoms with Gasteiger partial charge in [0, 0.05) is 18.3 Å². The maximum atomic E-state index is 12.0. The summed E-state index contributed by atoms with van der Waals surface area (Å²) in [7, 11) is 3.15. The molecule has 2 unspecified atom stereocenters. The van der Waals surface area contributed by atoms with Gasteiger partial charge in [0.05, 0.1) is 20.3 Å². The molecule has 0 saturated heterocycles. The smallest absolute Gasteiger partial charge is 0.161 e. The Morgan fingerprint density at radius 3 is 2.63 bits per heavy atom. The Morgan fingerprint density at radius 1 is 1.26 bits per heavy atom. The second-order valence-electron chi connectivity index (χ2n) is 4.73. The van der Waals surface area contributed by atoms with E-state index in [4.69, 9.17) is 14.7 Å². The number of rotatable bonds is 3. The van der Waals surface area contributed by atoms with Crippen LogP contribution in [0.25, 0.3) is 0 Å². The summed E-state index contributed by atoms with van der Waals surface area (Å²) in [6, 6.07) is 7.78. The van der Waals surface area contributed by atoms with Crippen LogP contribution >= 0.6 is 0 Å². The Labute approximate surface area is 112 Å². The van der Waals surface area contributed by atoms with Gasteiger partial charge in [-0.15, -0.1) is 0 Å². The number of hydrogen-bond acceptors (Lipinski definition) is 4. The van der Waals surface area contributed by atoms with Crippen LogP contribution in [0, 0.1) is 17.2 Å². The van der Waals surface area contributed by atoms with Crippen molar-refractivity contribution in [1.82, 2.24) is 0 Å². The molecule has 1 aromatic carbocycles. The van der Waals surface area contributed by atoms with E-state index < -0.39 is 0 Å². The predicted octanol–water partition coefficient (Wildman–Crippen LogP) is 2.68. The molecule has 4 nitrogen and oxygen atoms in total. The molecule has 4 heteroatoms. The van der Waals surface area contributed by atoms with Crippen LogP contribution in [-0.4, -0.2) is 20.0 Å². The highest BCUT2D eigenvalue weighted by Gasteiger charge is 2.30. The summed E-state index contributed by atoms with van der Waals surface area (Å²) in [5.74, 6) is 1.24. The van der Waals surface area contributed by atoms with Crippen molar-refractivity contribution in [3.05, 3.63) is 23.8 Å². The highest BCUT2D eigenvalue weighted by molar-refractivity contribution is 5.86.